The number of hydrogen-bond donors (Lipinski definition) is 0. The summed E-state index contributed by atoms with van der Waals surface area (Å²) in [7, 11) is -0.502. The van der Waals surface area contributed by atoms with Gasteiger partial charge in [-0.15, -0.1) is 0 Å². The number of ether oxygens (including phenoxy) is 1. The van der Waals surface area contributed by atoms with Gasteiger partial charge in [0.25, 0.3) is 0 Å². The van der Waals surface area contributed by atoms with E-state index in [1.54, 1.807) is 12.1 Å². The summed E-state index contributed by atoms with van der Waals surface area (Å²) in [6.07, 6.45) is 7.89. The van der Waals surface area contributed by atoms with Crippen molar-refractivity contribution in [2.24, 2.45) is 0 Å². The first-order valence-corrected chi connectivity index (χ1v) is 16.7. The quantitative estimate of drug-likeness (QED) is 0.205. The minimum atomic E-state index is -1.89. The largest absolute Gasteiger partial charge is 0.465 e. The standard InChI is InChI=1S/C29H50N2O4Si/c1-9-11-19-29(10-2,35-36(7,8)28(3,4)5)20-12-21-30-22-18-26(32)31(30)23-17-24-13-15-25(16-14-24)27(33)34-6/h13-16H,9-12,17-23H2,1-8H3. The highest BCUT2D eigenvalue weighted by atomic mass is 28.4. The average Bonchev–Trinajstić information content (AvgIpc) is 3.19. The molecule has 1 heterocycles. The SMILES string of the molecule is CCCCC(CC)(CCCN1CCC(=O)N1CCc1ccc(C(=O)OC)cc1)O[Si](C)(C)C(C)(C)C. The maximum Gasteiger partial charge on any atom is 0.337 e. The smallest absolute Gasteiger partial charge is 0.337 e. The molecule has 36 heavy (non-hydrogen) atoms. The van der Waals surface area contributed by atoms with Gasteiger partial charge < -0.3 is 9.16 Å². The van der Waals surface area contributed by atoms with Crippen LogP contribution in [-0.2, 0) is 20.4 Å². The van der Waals surface area contributed by atoms with Crippen LogP contribution in [0.2, 0.25) is 18.1 Å². The van der Waals surface area contributed by atoms with Crippen LogP contribution in [0, 0.1) is 0 Å². The number of carbonyl (C=O) groups is 2. The molecule has 1 saturated heterocycles. The van der Waals surface area contributed by atoms with Gasteiger partial charge in [0.1, 0.15) is 0 Å². The van der Waals surface area contributed by atoms with Gasteiger partial charge in [-0.1, -0.05) is 59.6 Å². The van der Waals surface area contributed by atoms with E-state index < -0.39 is 8.32 Å². The molecular formula is C29H50N2O4Si. The molecule has 1 unspecified atom stereocenters. The second-order valence-corrected chi connectivity index (χ2v) is 16.5. The zero-order chi connectivity index (χ0) is 27.0. The molecule has 1 aromatic rings. The number of unbranched alkanes of at least 4 members (excludes halogenated alkanes) is 1. The summed E-state index contributed by atoms with van der Waals surface area (Å²) in [5, 5.41) is 4.35. The second-order valence-electron chi connectivity index (χ2n) is 11.8. The molecule has 204 valence electrons. The van der Waals surface area contributed by atoms with E-state index in [0.29, 0.717) is 18.5 Å². The van der Waals surface area contributed by atoms with Gasteiger partial charge in [0.15, 0.2) is 8.32 Å². The Kier molecular flexibility index (Phi) is 11.2. The number of hydrogen-bond acceptors (Lipinski definition) is 5. The van der Waals surface area contributed by atoms with Crippen molar-refractivity contribution in [3.63, 3.8) is 0 Å². The van der Waals surface area contributed by atoms with Crippen molar-refractivity contribution in [3.05, 3.63) is 35.4 Å². The van der Waals surface area contributed by atoms with Crippen molar-refractivity contribution in [3.8, 4) is 0 Å². The number of carbonyl (C=O) groups excluding carboxylic acids is 2. The molecule has 0 radical (unpaired) electrons. The number of benzene rings is 1. The number of rotatable bonds is 14. The van der Waals surface area contributed by atoms with E-state index in [1.165, 1.54) is 20.0 Å². The third-order valence-electron chi connectivity index (χ3n) is 8.16. The van der Waals surface area contributed by atoms with Gasteiger partial charge in [-0.3, -0.25) is 9.80 Å². The van der Waals surface area contributed by atoms with E-state index in [9.17, 15) is 9.59 Å². The lowest BCUT2D eigenvalue weighted by Gasteiger charge is -2.46. The van der Waals surface area contributed by atoms with E-state index in [-0.39, 0.29) is 22.5 Å². The number of hydrazine groups is 1. The van der Waals surface area contributed by atoms with Gasteiger partial charge in [0, 0.05) is 26.1 Å². The second kappa shape index (κ2) is 13.2. The van der Waals surface area contributed by atoms with Crippen LogP contribution in [-0.4, -0.2) is 62.6 Å². The van der Waals surface area contributed by atoms with Gasteiger partial charge >= 0.3 is 5.97 Å². The number of esters is 1. The highest BCUT2D eigenvalue weighted by Gasteiger charge is 2.43. The Morgan fingerprint density at radius 1 is 1.03 bits per heavy atom. The summed E-state index contributed by atoms with van der Waals surface area (Å²) in [6.45, 7) is 18.5. The summed E-state index contributed by atoms with van der Waals surface area (Å²) < 4.78 is 11.9. The Balaban J connectivity index is 1.99. The number of amides is 1. The molecule has 0 saturated carbocycles. The molecule has 1 aromatic carbocycles. The molecule has 0 N–H and O–H groups in total. The van der Waals surface area contributed by atoms with Crippen molar-refractivity contribution in [1.29, 1.82) is 0 Å². The Bertz CT molecular complexity index is 850. The fourth-order valence-corrected chi connectivity index (χ4v) is 6.46. The first-order chi connectivity index (χ1) is 16.9. The van der Waals surface area contributed by atoms with Crippen LogP contribution in [0.25, 0.3) is 0 Å². The molecule has 0 bridgehead atoms. The summed E-state index contributed by atoms with van der Waals surface area (Å²) >= 11 is 0. The molecule has 6 nitrogen and oxygen atoms in total. The lowest BCUT2D eigenvalue weighted by atomic mass is 9.89. The van der Waals surface area contributed by atoms with E-state index >= 15 is 0 Å². The van der Waals surface area contributed by atoms with Crippen LogP contribution < -0.4 is 0 Å². The normalized spacial score (nSPS) is 16.9. The van der Waals surface area contributed by atoms with Crippen molar-refractivity contribution < 1.29 is 18.8 Å². The Hall–Kier alpha value is -1.70. The van der Waals surface area contributed by atoms with Gasteiger partial charge in [0.2, 0.25) is 5.91 Å². The van der Waals surface area contributed by atoms with Crippen molar-refractivity contribution in [2.45, 2.75) is 110 Å². The summed E-state index contributed by atoms with van der Waals surface area (Å²) in [5.74, 6) is -0.131. The van der Waals surface area contributed by atoms with Gasteiger partial charge in [0.05, 0.1) is 18.3 Å². The molecule has 1 aliphatic heterocycles. The first-order valence-electron chi connectivity index (χ1n) is 13.8. The van der Waals surface area contributed by atoms with Crippen LogP contribution >= 0.6 is 0 Å². The van der Waals surface area contributed by atoms with Crippen LogP contribution in [0.15, 0.2) is 24.3 Å². The molecule has 0 spiro atoms. The first kappa shape index (κ1) is 30.5. The molecule has 0 aliphatic carbocycles. The predicted molar refractivity (Wildman–Crippen MR) is 149 cm³/mol. The van der Waals surface area contributed by atoms with E-state index in [2.05, 4.69) is 52.7 Å². The van der Waals surface area contributed by atoms with Crippen molar-refractivity contribution in [2.75, 3.05) is 26.7 Å². The summed E-state index contributed by atoms with van der Waals surface area (Å²) in [4.78, 5) is 24.3. The highest BCUT2D eigenvalue weighted by molar-refractivity contribution is 6.74. The van der Waals surface area contributed by atoms with E-state index in [4.69, 9.17) is 9.16 Å². The number of methoxy groups -OCH3 is 1. The van der Waals surface area contributed by atoms with Crippen LogP contribution in [0.4, 0.5) is 0 Å². The fourth-order valence-electron chi connectivity index (χ4n) is 4.72. The molecule has 2 rings (SSSR count). The lowest BCUT2D eigenvalue weighted by molar-refractivity contribution is -0.138. The maximum absolute atomic E-state index is 12.6. The molecule has 0 aromatic heterocycles. The van der Waals surface area contributed by atoms with Crippen LogP contribution in [0.5, 0.6) is 0 Å². The van der Waals surface area contributed by atoms with Crippen LogP contribution in [0.3, 0.4) is 0 Å². The number of nitrogens with zero attached hydrogens (tertiary/aromatic N) is 2. The molecule has 1 fully saturated rings. The molecule has 7 heteroatoms. The van der Waals surface area contributed by atoms with Gasteiger partial charge in [-0.05, 0) is 67.9 Å². The van der Waals surface area contributed by atoms with Gasteiger partial charge in [-0.25, -0.2) is 9.80 Å². The maximum atomic E-state index is 12.6. The zero-order valence-corrected chi connectivity index (χ0v) is 25.1. The molecule has 1 aliphatic rings. The van der Waals surface area contributed by atoms with E-state index in [1.807, 2.05) is 17.1 Å². The highest BCUT2D eigenvalue weighted by Crippen LogP contribution is 2.42. The van der Waals surface area contributed by atoms with E-state index in [0.717, 1.165) is 50.8 Å². The minimum Gasteiger partial charge on any atom is -0.465 e. The van der Waals surface area contributed by atoms with Crippen molar-refractivity contribution in [1.82, 2.24) is 10.0 Å². The van der Waals surface area contributed by atoms with Gasteiger partial charge in [-0.2, -0.15) is 0 Å². The zero-order valence-electron chi connectivity index (χ0n) is 24.1. The molecule has 1 atom stereocenters. The summed E-state index contributed by atoms with van der Waals surface area (Å²) in [5.41, 5.74) is 1.58. The Labute approximate surface area is 220 Å². The summed E-state index contributed by atoms with van der Waals surface area (Å²) in [6, 6.07) is 7.46. The molecule has 1 amide bonds. The third-order valence-corrected chi connectivity index (χ3v) is 12.7. The third kappa shape index (κ3) is 8.15. The van der Waals surface area contributed by atoms with Crippen molar-refractivity contribution >= 4 is 20.2 Å². The van der Waals surface area contributed by atoms with Crippen LogP contribution in [0.1, 0.15) is 95.5 Å². The Morgan fingerprint density at radius 3 is 2.22 bits per heavy atom. The predicted octanol–water partition coefficient (Wildman–Crippen LogP) is 6.61. The monoisotopic (exact) mass is 518 g/mol. The molecular weight excluding hydrogens is 468 g/mol. The average molecular weight is 519 g/mol. The minimum absolute atomic E-state index is 0.0744. The topological polar surface area (TPSA) is 59.1 Å². The Morgan fingerprint density at radius 2 is 1.67 bits per heavy atom. The lowest BCUT2D eigenvalue weighted by Crippen LogP contribution is -2.50. The fraction of sp³-hybridized carbons (Fsp3) is 0.724.